The average molecular weight is 425 g/mol. The molecule has 0 spiro atoms. The Morgan fingerprint density at radius 3 is 2.13 bits per heavy atom. The molecule has 7 heteroatoms. The van der Waals surface area contributed by atoms with Gasteiger partial charge in [0.25, 0.3) is 5.91 Å². The predicted molar refractivity (Wildman–Crippen MR) is 117 cm³/mol. The molecule has 0 aliphatic heterocycles. The van der Waals surface area contributed by atoms with Gasteiger partial charge in [0.15, 0.2) is 0 Å². The minimum Gasteiger partial charge on any atom is -0.457 e. The van der Waals surface area contributed by atoms with Crippen molar-refractivity contribution in [3.63, 3.8) is 0 Å². The monoisotopic (exact) mass is 424 g/mol. The number of nitrogens with zero attached hydrogens (tertiary/aromatic N) is 1. The highest BCUT2D eigenvalue weighted by atomic mass is 32.2. The Kier molecular flexibility index (Phi) is 6.87. The number of benzene rings is 3. The van der Waals surface area contributed by atoms with E-state index in [-0.39, 0.29) is 16.4 Å². The maximum Gasteiger partial charge on any atom is 0.255 e. The molecule has 0 fully saturated rings. The van der Waals surface area contributed by atoms with Gasteiger partial charge in [-0.25, -0.2) is 8.42 Å². The summed E-state index contributed by atoms with van der Waals surface area (Å²) in [7, 11) is -3.63. The van der Waals surface area contributed by atoms with Crippen molar-refractivity contribution in [3.8, 4) is 11.5 Å². The average Bonchev–Trinajstić information content (AvgIpc) is 2.76. The number of hydrogen-bond acceptors (Lipinski definition) is 4. The number of hydrogen-bond donors (Lipinski definition) is 1. The van der Waals surface area contributed by atoms with Crippen LogP contribution in [0.1, 0.15) is 24.2 Å². The third kappa shape index (κ3) is 5.06. The highest BCUT2D eigenvalue weighted by Crippen LogP contribution is 2.23. The molecule has 0 unspecified atom stereocenters. The van der Waals surface area contributed by atoms with Crippen molar-refractivity contribution < 1.29 is 17.9 Å². The molecule has 0 saturated carbocycles. The highest BCUT2D eigenvalue weighted by molar-refractivity contribution is 7.89. The molecule has 0 heterocycles. The van der Waals surface area contributed by atoms with E-state index in [1.165, 1.54) is 16.4 Å². The summed E-state index contributed by atoms with van der Waals surface area (Å²) in [4.78, 5) is 12.7. The summed E-state index contributed by atoms with van der Waals surface area (Å²) in [5.74, 6) is 0.982. The van der Waals surface area contributed by atoms with Crippen molar-refractivity contribution in [2.24, 2.45) is 0 Å². The molecular formula is C23H24N2O4S. The fourth-order valence-electron chi connectivity index (χ4n) is 2.94. The van der Waals surface area contributed by atoms with Crippen LogP contribution in [0.4, 0.5) is 5.69 Å². The Balaban J connectivity index is 1.72. The van der Waals surface area contributed by atoms with Gasteiger partial charge in [-0.2, -0.15) is 4.31 Å². The fourth-order valence-corrected chi connectivity index (χ4v) is 4.45. The predicted octanol–water partition coefficient (Wildman–Crippen LogP) is 4.76. The van der Waals surface area contributed by atoms with Crippen LogP contribution < -0.4 is 10.1 Å². The van der Waals surface area contributed by atoms with E-state index in [1.54, 1.807) is 50.2 Å². The molecule has 3 aromatic carbocycles. The zero-order valence-electron chi connectivity index (χ0n) is 16.9. The standard InChI is InChI=1S/C23H24N2O4S/c1-3-25(4-2)30(27,28)22-12-8-9-18(17-22)23(26)24-19-13-15-21(16-14-19)29-20-10-6-5-7-11-20/h5-17H,3-4H2,1-2H3,(H,24,26). The quantitative estimate of drug-likeness (QED) is 0.566. The largest absolute Gasteiger partial charge is 0.457 e. The first-order chi connectivity index (χ1) is 14.4. The number of nitrogens with one attached hydrogen (secondary N) is 1. The molecule has 156 valence electrons. The summed E-state index contributed by atoms with van der Waals surface area (Å²) in [5.41, 5.74) is 0.852. The van der Waals surface area contributed by atoms with E-state index in [4.69, 9.17) is 4.74 Å². The lowest BCUT2D eigenvalue weighted by Gasteiger charge is -2.18. The summed E-state index contributed by atoms with van der Waals surface area (Å²) in [6.45, 7) is 4.30. The minimum atomic E-state index is -3.63. The number of carbonyl (C=O) groups is 1. The highest BCUT2D eigenvalue weighted by Gasteiger charge is 2.22. The molecule has 3 rings (SSSR count). The van der Waals surface area contributed by atoms with Gasteiger partial charge in [-0.1, -0.05) is 38.1 Å². The van der Waals surface area contributed by atoms with Crippen LogP contribution in [-0.2, 0) is 10.0 Å². The fraction of sp³-hybridized carbons (Fsp3) is 0.174. The van der Waals surface area contributed by atoms with Gasteiger partial charge in [0.05, 0.1) is 4.90 Å². The van der Waals surface area contributed by atoms with E-state index in [1.807, 2.05) is 30.3 Å². The van der Waals surface area contributed by atoms with Crippen LogP contribution >= 0.6 is 0 Å². The van der Waals surface area contributed by atoms with Crippen molar-refractivity contribution in [2.45, 2.75) is 18.7 Å². The second-order valence-corrected chi connectivity index (χ2v) is 8.45. The molecule has 0 atom stereocenters. The van der Waals surface area contributed by atoms with Crippen LogP contribution in [0, 0.1) is 0 Å². The number of sulfonamides is 1. The molecule has 0 radical (unpaired) electrons. The van der Waals surface area contributed by atoms with Crippen LogP contribution in [0.2, 0.25) is 0 Å². The first-order valence-corrected chi connectivity index (χ1v) is 11.1. The van der Waals surface area contributed by atoms with Crippen LogP contribution in [0.3, 0.4) is 0 Å². The summed E-state index contributed by atoms with van der Waals surface area (Å²) in [6, 6.07) is 22.4. The number of ether oxygens (including phenoxy) is 1. The van der Waals surface area contributed by atoms with Gasteiger partial charge < -0.3 is 10.1 Å². The molecule has 1 N–H and O–H groups in total. The Hall–Kier alpha value is -3.16. The molecule has 6 nitrogen and oxygen atoms in total. The first kappa shape index (κ1) is 21.5. The Morgan fingerprint density at radius 1 is 0.867 bits per heavy atom. The maximum absolute atomic E-state index is 12.7. The van der Waals surface area contributed by atoms with Crippen molar-refractivity contribution in [3.05, 3.63) is 84.4 Å². The first-order valence-electron chi connectivity index (χ1n) is 9.68. The number of carbonyl (C=O) groups excluding carboxylic acids is 1. The van der Waals surface area contributed by atoms with Gasteiger partial charge in [0, 0.05) is 24.3 Å². The van der Waals surface area contributed by atoms with Crippen LogP contribution in [0.15, 0.2) is 83.8 Å². The van der Waals surface area contributed by atoms with Gasteiger partial charge >= 0.3 is 0 Å². The molecule has 1 amide bonds. The lowest BCUT2D eigenvalue weighted by atomic mass is 10.2. The third-order valence-electron chi connectivity index (χ3n) is 4.53. The molecule has 0 aliphatic rings. The van der Waals surface area contributed by atoms with Crippen LogP contribution in [-0.4, -0.2) is 31.7 Å². The van der Waals surface area contributed by atoms with E-state index in [0.29, 0.717) is 24.5 Å². The van der Waals surface area contributed by atoms with E-state index in [2.05, 4.69) is 5.32 Å². The lowest BCUT2D eigenvalue weighted by molar-refractivity contribution is 0.102. The van der Waals surface area contributed by atoms with Crippen molar-refractivity contribution in [1.82, 2.24) is 4.31 Å². The SMILES string of the molecule is CCN(CC)S(=O)(=O)c1cccc(C(=O)Nc2ccc(Oc3ccccc3)cc2)c1. The number of anilines is 1. The van der Waals surface area contributed by atoms with Gasteiger partial charge in [-0.3, -0.25) is 4.79 Å². The smallest absolute Gasteiger partial charge is 0.255 e. The normalized spacial score (nSPS) is 11.3. The Labute approximate surface area is 177 Å². The van der Waals surface area contributed by atoms with E-state index < -0.39 is 10.0 Å². The summed E-state index contributed by atoms with van der Waals surface area (Å²) >= 11 is 0. The van der Waals surface area contributed by atoms with Gasteiger partial charge in [0.1, 0.15) is 11.5 Å². The zero-order chi connectivity index (χ0) is 21.6. The molecule has 0 aromatic heterocycles. The third-order valence-corrected chi connectivity index (χ3v) is 6.58. The maximum atomic E-state index is 12.7. The second kappa shape index (κ2) is 9.56. The van der Waals surface area contributed by atoms with Crippen molar-refractivity contribution in [1.29, 1.82) is 0 Å². The summed E-state index contributed by atoms with van der Waals surface area (Å²) in [5, 5.41) is 2.78. The molecule has 30 heavy (non-hydrogen) atoms. The van der Waals surface area contributed by atoms with Gasteiger partial charge in [-0.05, 0) is 54.6 Å². The van der Waals surface area contributed by atoms with Crippen molar-refractivity contribution >= 4 is 21.6 Å². The van der Waals surface area contributed by atoms with E-state index in [0.717, 1.165) is 5.75 Å². The molecule has 0 saturated heterocycles. The molecule has 3 aromatic rings. The van der Waals surface area contributed by atoms with Crippen LogP contribution in [0.5, 0.6) is 11.5 Å². The number of rotatable bonds is 8. The second-order valence-electron chi connectivity index (χ2n) is 6.51. The Morgan fingerprint density at radius 2 is 1.50 bits per heavy atom. The molecule has 0 aliphatic carbocycles. The zero-order valence-corrected chi connectivity index (χ0v) is 17.7. The lowest BCUT2D eigenvalue weighted by Crippen LogP contribution is -2.30. The topological polar surface area (TPSA) is 75.7 Å². The Bertz CT molecular complexity index is 1090. The number of para-hydroxylation sites is 1. The molecule has 0 bridgehead atoms. The summed E-state index contributed by atoms with van der Waals surface area (Å²) in [6.07, 6.45) is 0. The van der Waals surface area contributed by atoms with E-state index in [9.17, 15) is 13.2 Å². The van der Waals surface area contributed by atoms with Gasteiger partial charge in [-0.15, -0.1) is 0 Å². The summed E-state index contributed by atoms with van der Waals surface area (Å²) < 4.78 is 32.5. The van der Waals surface area contributed by atoms with Crippen LogP contribution in [0.25, 0.3) is 0 Å². The minimum absolute atomic E-state index is 0.102. The van der Waals surface area contributed by atoms with Crippen molar-refractivity contribution in [2.75, 3.05) is 18.4 Å². The number of amides is 1. The van der Waals surface area contributed by atoms with Gasteiger partial charge in [0.2, 0.25) is 10.0 Å². The molecular weight excluding hydrogens is 400 g/mol. The van der Waals surface area contributed by atoms with E-state index >= 15 is 0 Å².